The molecule has 0 N–H and O–H groups in total. The summed E-state index contributed by atoms with van der Waals surface area (Å²) in [5, 5.41) is 0. The van der Waals surface area contributed by atoms with E-state index < -0.39 is 0 Å². The van der Waals surface area contributed by atoms with Crippen LogP contribution in [0.2, 0.25) is 0 Å². The molecule has 0 amide bonds. The summed E-state index contributed by atoms with van der Waals surface area (Å²) in [6.07, 6.45) is 10.6. The van der Waals surface area contributed by atoms with Crippen LogP contribution in [0.4, 0.5) is 0 Å². The number of hydrogen-bond acceptors (Lipinski definition) is 0. The Morgan fingerprint density at radius 2 is 2.09 bits per heavy atom. The average molecular weight is 152 g/mol. The van der Waals surface area contributed by atoms with Crippen molar-refractivity contribution in [2.75, 3.05) is 0 Å². The highest BCUT2D eigenvalue weighted by Gasteiger charge is 2.15. The van der Waals surface area contributed by atoms with Gasteiger partial charge in [-0.3, -0.25) is 0 Å². The summed E-state index contributed by atoms with van der Waals surface area (Å²) >= 11 is 0. The molecule has 0 spiro atoms. The highest BCUT2D eigenvalue weighted by Crippen LogP contribution is 2.29. The van der Waals surface area contributed by atoms with Crippen LogP contribution in [-0.2, 0) is 0 Å². The smallest absolute Gasteiger partial charge is 0.0234 e. The minimum Gasteiger partial charge on any atom is -0.103 e. The second-order valence-electron chi connectivity index (χ2n) is 3.79. The minimum absolute atomic E-state index is 0.822. The third-order valence-corrected chi connectivity index (χ3v) is 2.98. The van der Waals surface area contributed by atoms with Gasteiger partial charge in [0.2, 0.25) is 0 Å². The minimum atomic E-state index is 0.822. The summed E-state index contributed by atoms with van der Waals surface area (Å²) in [6, 6.07) is 0. The molecule has 1 saturated carbocycles. The lowest BCUT2D eigenvalue weighted by molar-refractivity contribution is 0.409. The van der Waals surface area contributed by atoms with Gasteiger partial charge < -0.3 is 0 Å². The van der Waals surface area contributed by atoms with Gasteiger partial charge in [-0.25, -0.2) is 0 Å². The second kappa shape index (κ2) is 4.58. The predicted molar refractivity (Wildman–Crippen MR) is 50.6 cm³/mol. The van der Waals surface area contributed by atoms with Crippen LogP contribution in [0.5, 0.6) is 0 Å². The molecule has 11 heavy (non-hydrogen) atoms. The van der Waals surface area contributed by atoms with Crippen LogP contribution in [0.25, 0.3) is 0 Å². The molecule has 1 rings (SSSR count). The van der Waals surface area contributed by atoms with Crippen LogP contribution in [0, 0.1) is 11.8 Å². The molecule has 0 radical (unpaired) electrons. The van der Waals surface area contributed by atoms with Crippen molar-refractivity contribution in [3.05, 3.63) is 12.7 Å². The monoisotopic (exact) mass is 152 g/mol. The Bertz CT molecular complexity index is 115. The predicted octanol–water partition coefficient (Wildman–Crippen LogP) is 3.78. The van der Waals surface area contributed by atoms with Crippen LogP contribution < -0.4 is 0 Å². The van der Waals surface area contributed by atoms with E-state index in [2.05, 4.69) is 19.6 Å². The van der Waals surface area contributed by atoms with E-state index in [1.165, 1.54) is 38.5 Å². The maximum absolute atomic E-state index is 3.89. The van der Waals surface area contributed by atoms with Gasteiger partial charge in [-0.2, -0.15) is 0 Å². The fourth-order valence-corrected chi connectivity index (χ4v) is 2.09. The zero-order valence-corrected chi connectivity index (χ0v) is 7.68. The van der Waals surface area contributed by atoms with E-state index >= 15 is 0 Å². The standard InChI is InChI=1S/C11H20/c1-3-10-7-5-6-8-11(4-2)9-10/h3,10-11H,1,4-9H2,2H3. The fraction of sp³-hybridized carbons (Fsp3) is 0.818. The normalized spacial score (nSPS) is 32.8. The van der Waals surface area contributed by atoms with Crippen LogP contribution in [0.15, 0.2) is 12.7 Å². The van der Waals surface area contributed by atoms with Gasteiger partial charge >= 0.3 is 0 Å². The Balaban J connectivity index is 2.39. The highest BCUT2D eigenvalue weighted by atomic mass is 14.2. The molecule has 0 aromatic rings. The van der Waals surface area contributed by atoms with Crippen molar-refractivity contribution in [3.63, 3.8) is 0 Å². The molecule has 0 saturated heterocycles. The number of rotatable bonds is 2. The van der Waals surface area contributed by atoms with Crippen LogP contribution in [-0.4, -0.2) is 0 Å². The Kier molecular flexibility index (Phi) is 3.68. The van der Waals surface area contributed by atoms with Gasteiger partial charge in [0.1, 0.15) is 0 Å². The number of allylic oxidation sites excluding steroid dienone is 1. The van der Waals surface area contributed by atoms with Gasteiger partial charge in [-0.15, -0.1) is 6.58 Å². The van der Waals surface area contributed by atoms with Crippen LogP contribution in [0.3, 0.4) is 0 Å². The SMILES string of the molecule is C=CC1CCCCC(CC)C1. The van der Waals surface area contributed by atoms with E-state index in [-0.39, 0.29) is 0 Å². The zero-order chi connectivity index (χ0) is 8.10. The molecule has 2 atom stereocenters. The van der Waals surface area contributed by atoms with Crippen LogP contribution >= 0.6 is 0 Å². The summed E-state index contributed by atoms with van der Waals surface area (Å²) in [4.78, 5) is 0. The molecule has 0 nitrogen and oxygen atoms in total. The Morgan fingerprint density at radius 3 is 2.73 bits per heavy atom. The quantitative estimate of drug-likeness (QED) is 0.417. The van der Waals surface area contributed by atoms with E-state index in [4.69, 9.17) is 0 Å². The summed E-state index contributed by atoms with van der Waals surface area (Å²) < 4.78 is 0. The van der Waals surface area contributed by atoms with Gasteiger partial charge in [0.15, 0.2) is 0 Å². The van der Waals surface area contributed by atoms with E-state index in [1.54, 1.807) is 0 Å². The van der Waals surface area contributed by atoms with Crippen molar-refractivity contribution in [1.29, 1.82) is 0 Å². The molecule has 0 aliphatic heterocycles. The lowest BCUT2D eigenvalue weighted by atomic mass is 9.91. The molecule has 1 fully saturated rings. The van der Waals surface area contributed by atoms with Crippen molar-refractivity contribution >= 4 is 0 Å². The Labute approximate surface area is 70.7 Å². The zero-order valence-electron chi connectivity index (χ0n) is 7.68. The summed E-state index contributed by atoms with van der Waals surface area (Å²) in [7, 11) is 0. The second-order valence-corrected chi connectivity index (χ2v) is 3.79. The Morgan fingerprint density at radius 1 is 1.36 bits per heavy atom. The topological polar surface area (TPSA) is 0 Å². The fourth-order valence-electron chi connectivity index (χ4n) is 2.09. The van der Waals surface area contributed by atoms with Crippen molar-refractivity contribution in [2.24, 2.45) is 11.8 Å². The van der Waals surface area contributed by atoms with E-state index in [1.807, 2.05) is 0 Å². The molecule has 0 aromatic carbocycles. The molecule has 0 aromatic heterocycles. The lowest BCUT2D eigenvalue weighted by Crippen LogP contribution is -2.02. The third-order valence-electron chi connectivity index (χ3n) is 2.98. The first-order valence-electron chi connectivity index (χ1n) is 4.99. The van der Waals surface area contributed by atoms with E-state index in [9.17, 15) is 0 Å². The lowest BCUT2D eigenvalue weighted by Gasteiger charge is -2.14. The summed E-state index contributed by atoms with van der Waals surface area (Å²) in [5.41, 5.74) is 0. The first-order chi connectivity index (χ1) is 5.36. The Hall–Kier alpha value is -0.260. The van der Waals surface area contributed by atoms with Gasteiger partial charge in [0, 0.05) is 0 Å². The molecule has 2 unspecified atom stereocenters. The highest BCUT2D eigenvalue weighted by molar-refractivity contribution is 4.82. The largest absolute Gasteiger partial charge is 0.103 e. The van der Waals surface area contributed by atoms with E-state index in [0.29, 0.717) is 0 Å². The molecule has 0 heteroatoms. The third kappa shape index (κ3) is 2.69. The molecule has 0 heterocycles. The summed E-state index contributed by atoms with van der Waals surface area (Å²) in [5.74, 6) is 1.81. The first kappa shape index (κ1) is 8.83. The average Bonchev–Trinajstić information content (AvgIpc) is 2.28. The van der Waals surface area contributed by atoms with Gasteiger partial charge in [-0.05, 0) is 24.7 Å². The molecule has 1 aliphatic rings. The maximum atomic E-state index is 3.89. The van der Waals surface area contributed by atoms with E-state index in [0.717, 1.165) is 11.8 Å². The van der Waals surface area contributed by atoms with Crippen LogP contribution in [0.1, 0.15) is 45.4 Å². The summed E-state index contributed by atoms with van der Waals surface area (Å²) in [6.45, 7) is 6.21. The van der Waals surface area contributed by atoms with Crippen molar-refractivity contribution in [3.8, 4) is 0 Å². The van der Waals surface area contributed by atoms with Gasteiger partial charge in [0.25, 0.3) is 0 Å². The molecule has 64 valence electrons. The van der Waals surface area contributed by atoms with Crippen molar-refractivity contribution in [1.82, 2.24) is 0 Å². The molecule has 0 bridgehead atoms. The van der Waals surface area contributed by atoms with Gasteiger partial charge in [-0.1, -0.05) is 38.7 Å². The maximum Gasteiger partial charge on any atom is -0.0234 e. The first-order valence-corrected chi connectivity index (χ1v) is 4.99. The van der Waals surface area contributed by atoms with Gasteiger partial charge in [0.05, 0.1) is 0 Å². The molecule has 1 aliphatic carbocycles. The van der Waals surface area contributed by atoms with Crippen molar-refractivity contribution < 1.29 is 0 Å². The number of hydrogen-bond donors (Lipinski definition) is 0. The molecular weight excluding hydrogens is 132 g/mol. The van der Waals surface area contributed by atoms with Crippen molar-refractivity contribution in [2.45, 2.75) is 45.4 Å². The molecular formula is C11H20.